The molecule has 0 radical (unpaired) electrons. The molecule has 0 atom stereocenters. The Morgan fingerprint density at radius 3 is 2.48 bits per heavy atom. The topological polar surface area (TPSA) is 57.7 Å². The number of carbonyl (C=O) groups excluding carboxylic acids is 1. The van der Waals surface area contributed by atoms with Gasteiger partial charge in [0.1, 0.15) is 5.75 Å². The zero-order valence-electron chi connectivity index (χ0n) is 13.8. The van der Waals surface area contributed by atoms with E-state index in [0.717, 1.165) is 13.1 Å². The molecule has 1 aliphatic heterocycles. The highest BCUT2D eigenvalue weighted by Gasteiger charge is 2.25. The van der Waals surface area contributed by atoms with Crippen molar-refractivity contribution in [2.24, 2.45) is 0 Å². The van der Waals surface area contributed by atoms with Crippen LogP contribution in [0.1, 0.15) is 11.1 Å². The molecule has 1 heterocycles. The Kier molecular flexibility index (Phi) is 5.46. The second-order valence-corrected chi connectivity index (χ2v) is 8.04. The molecule has 1 amide bonds. The van der Waals surface area contributed by atoms with Crippen LogP contribution in [0.5, 0.6) is 0 Å². The smallest absolute Gasteiger partial charge is 0.237 e. The molecule has 0 saturated carbocycles. The largest absolute Gasteiger partial charge is 0.368 e. The maximum Gasteiger partial charge on any atom is 0.237 e. The average Bonchev–Trinajstić information content (AvgIpc) is 2.49. The highest BCUT2D eigenvalue weighted by atomic mass is 32.2. The van der Waals surface area contributed by atoms with Gasteiger partial charge < -0.3 is 9.80 Å². The van der Waals surface area contributed by atoms with E-state index in [1.54, 1.807) is 4.90 Å². The number of sulfone groups is 1. The van der Waals surface area contributed by atoms with Gasteiger partial charge in [0.25, 0.3) is 0 Å². The fourth-order valence-electron chi connectivity index (χ4n) is 2.79. The van der Waals surface area contributed by atoms with E-state index in [-0.39, 0.29) is 11.7 Å². The zero-order valence-corrected chi connectivity index (χ0v) is 14.6. The van der Waals surface area contributed by atoms with Gasteiger partial charge in [-0.3, -0.25) is 4.79 Å². The van der Waals surface area contributed by atoms with Gasteiger partial charge in [-0.15, -0.1) is 6.58 Å². The van der Waals surface area contributed by atoms with E-state index in [4.69, 9.17) is 0 Å². The van der Waals surface area contributed by atoms with Crippen molar-refractivity contribution in [2.45, 2.75) is 13.8 Å². The molecular formula is C17H24N2O3S. The second kappa shape index (κ2) is 7.17. The maximum absolute atomic E-state index is 12.1. The standard InChI is InChI=1S/C17H24N2O3S/c1-4-12-23(21,22)13-17(20)19-10-8-18(9-11-19)16-7-5-6-14(2)15(16)3/h4-7H,1,8-13H2,2-3H3. The highest BCUT2D eigenvalue weighted by Crippen LogP contribution is 2.23. The maximum atomic E-state index is 12.1. The van der Waals surface area contributed by atoms with Gasteiger partial charge in [0.2, 0.25) is 5.91 Å². The Bertz CT molecular complexity index is 690. The first kappa shape index (κ1) is 17.5. The summed E-state index contributed by atoms with van der Waals surface area (Å²) in [5, 5.41) is 0. The van der Waals surface area contributed by atoms with Gasteiger partial charge in [-0.1, -0.05) is 18.2 Å². The van der Waals surface area contributed by atoms with Crippen molar-refractivity contribution in [1.82, 2.24) is 4.90 Å². The number of hydrogen-bond donors (Lipinski definition) is 0. The van der Waals surface area contributed by atoms with Crippen LogP contribution >= 0.6 is 0 Å². The first-order chi connectivity index (χ1) is 10.8. The predicted molar refractivity (Wildman–Crippen MR) is 93.6 cm³/mol. The molecule has 0 bridgehead atoms. The minimum absolute atomic E-state index is 0.152. The van der Waals surface area contributed by atoms with E-state index in [1.165, 1.54) is 22.9 Å². The predicted octanol–water partition coefficient (Wildman–Crippen LogP) is 1.55. The van der Waals surface area contributed by atoms with Crippen LogP contribution in [-0.4, -0.2) is 56.9 Å². The molecule has 5 nitrogen and oxygen atoms in total. The molecule has 1 fully saturated rings. The van der Waals surface area contributed by atoms with E-state index in [0.29, 0.717) is 13.1 Å². The van der Waals surface area contributed by atoms with Crippen molar-refractivity contribution < 1.29 is 13.2 Å². The molecule has 0 unspecified atom stereocenters. The first-order valence-corrected chi connectivity index (χ1v) is 9.56. The van der Waals surface area contributed by atoms with E-state index >= 15 is 0 Å². The Labute approximate surface area is 138 Å². The Morgan fingerprint density at radius 2 is 1.87 bits per heavy atom. The molecule has 0 spiro atoms. The van der Waals surface area contributed by atoms with Gasteiger partial charge in [-0.05, 0) is 31.0 Å². The summed E-state index contributed by atoms with van der Waals surface area (Å²) in [6, 6.07) is 6.22. The van der Waals surface area contributed by atoms with Gasteiger partial charge in [-0.25, -0.2) is 8.42 Å². The molecule has 126 valence electrons. The lowest BCUT2D eigenvalue weighted by Crippen LogP contribution is -2.50. The summed E-state index contributed by atoms with van der Waals surface area (Å²) in [4.78, 5) is 16.0. The average molecular weight is 336 g/mol. The molecule has 6 heteroatoms. The normalized spacial score (nSPS) is 15.6. The van der Waals surface area contributed by atoms with Crippen LogP contribution in [0.4, 0.5) is 5.69 Å². The summed E-state index contributed by atoms with van der Waals surface area (Å²) in [5.41, 5.74) is 3.69. The van der Waals surface area contributed by atoms with Gasteiger partial charge in [0.05, 0.1) is 5.75 Å². The van der Waals surface area contributed by atoms with Crippen LogP contribution in [0.15, 0.2) is 30.9 Å². The van der Waals surface area contributed by atoms with Crippen molar-refractivity contribution in [2.75, 3.05) is 42.6 Å². The minimum atomic E-state index is -3.38. The Morgan fingerprint density at radius 1 is 1.22 bits per heavy atom. The van der Waals surface area contributed by atoms with Gasteiger partial charge in [0, 0.05) is 31.9 Å². The third-order valence-electron chi connectivity index (χ3n) is 4.26. The number of rotatable bonds is 5. The summed E-state index contributed by atoms with van der Waals surface area (Å²) >= 11 is 0. The summed E-state index contributed by atoms with van der Waals surface area (Å²) in [6.07, 6.45) is 1.32. The molecular weight excluding hydrogens is 312 g/mol. The summed E-state index contributed by atoms with van der Waals surface area (Å²) in [5.74, 6) is -0.892. The van der Waals surface area contributed by atoms with E-state index in [1.807, 2.05) is 6.07 Å². The van der Waals surface area contributed by atoms with Gasteiger partial charge >= 0.3 is 0 Å². The molecule has 0 aromatic heterocycles. The van der Waals surface area contributed by atoms with Crippen LogP contribution in [-0.2, 0) is 14.6 Å². The second-order valence-electron chi connectivity index (χ2n) is 5.93. The summed E-state index contributed by atoms with van der Waals surface area (Å²) in [6.45, 7) is 10.1. The quantitative estimate of drug-likeness (QED) is 0.766. The van der Waals surface area contributed by atoms with Crippen LogP contribution in [0.2, 0.25) is 0 Å². The lowest BCUT2D eigenvalue weighted by Gasteiger charge is -2.37. The number of hydrogen-bond acceptors (Lipinski definition) is 4. The van der Waals surface area contributed by atoms with Crippen LogP contribution in [0, 0.1) is 13.8 Å². The molecule has 2 rings (SSSR count). The Balaban J connectivity index is 1.97. The third-order valence-corrected chi connectivity index (χ3v) is 5.69. The van der Waals surface area contributed by atoms with E-state index in [2.05, 4.69) is 37.5 Å². The number of piperazine rings is 1. The molecule has 1 aromatic carbocycles. The molecule has 1 saturated heterocycles. The number of carbonyl (C=O) groups is 1. The monoisotopic (exact) mass is 336 g/mol. The Hall–Kier alpha value is -1.82. The third kappa shape index (κ3) is 4.34. The highest BCUT2D eigenvalue weighted by molar-refractivity contribution is 7.92. The fraction of sp³-hybridized carbons (Fsp3) is 0.471. The van der Waals surface area contributed by atoms with Gasteiger partial charge in [0.15, 0.2) is 9.84 Å². The summed E-state index contributed by atoms with van der Waals surface area (Å²) in [7, 11) is -3.38. The molecule has 0 N–H and O–H groups in total. The molecule has 0 aliphatic carbocycles. The number of aryl methyl sites for hydroxylation is 1. The summed E-state index contributed by atoms with van der Waals surface area (Å²) < 4.78 is 23.4. The number of amides is 1. The number of benzene rings is 1. The van der Waals surface area contributed by atoms with Crippen LogP contribution in [0.25, 0.3) is 0 Å². The fourth-order valence-corrected chi connectivity index (χ4v) is 3.83. The molecule has 1 aliphatic rings. The van der Waals surface area contributed by atoms with E-state index in [9.17, 15) is 13.2 Å². The van der Waals surface area contributed by atoms with Crippen molar-refractivity contribution in [3.63, 3.8) is 0 Å². The van der Waals surface area contributed by atoms with Crippen LogP contribution in [0.3, 0.4) is 0 Å². The SMILES string of the molecule is C=CCS(=O)(=O)CC(=O)N1CCN(c2cccc(C)c2C)CC1. The van der Waals surface area contributed by atoms with Crippen molar-refractivity contribution in [3.8, 4) is 0 Å². The zero-order chi connectivity index (χ0) is 17.0. The van der Waals surface area contributed by atoms with Crippen molar-refractivity contribution in [1.29, 1.82) is 0 Å². The van der Waals surface area contributed by atoms with Crippen molar-refractivity contribution >= 4 is 21.4 Å². The minimum Gasteiger partial charge on any atom is -0.368 e. The van der Waals surface area contributed by atoms with Crippen molar-refractivity contribution in [3.05, 3.63) is 42.0 Å². The molecule has 23 heavy (non-hydrogen) atoms. The lowest BCUT2D eigenvalue weighted by atomic mass is 10.1. The van der Waals surface area contributed by atoms with Gasteiger partial charge in [-0.2, -0.15) is 0 Å². The lowest BCUT2D eigenvalue weighted by molar-refractivity contribution is -0.128. The number of nitrogens with zero attached hydrogens (tertiary/aromatic N) is 2. The van der Waals surface area contributed by atoms with E-state index < -0.39 is 15.6 Å². The molecule has 1 aromatic rings. The first-order valence-electron chi connectivity index (χ1n) is 7.74. The van der Waals surface area contributed by atoms with Crippen LogP contribution < -0.4 is 4.90 Å². The number of anilines is 1.